The lowest BCUT2D eigenvalue weighted by Crippen LogP contribution is -2.48. The van der Waals surface area contributed by atoms with E-state index in [9.17, 15) is 14.0 Å². The van der Waals surface area contributed by atoms with E-state index in [1.54, 1.807) is 46.4 Å². The molecule has 1 aliphatic carbocycles. The molecule has 6 nitrogen and oxygen atoms in total. The number of hydrogen-bond donors (Lipinski definition) is 0. The van der Waals surface area contributed by atoms with Crippen LogP contribution >= 0.6 is 11.3 Å². The van der Waals surface area contributed by atoms with Crippen molar-refractivity contribution >= 4 is 23.2 Å². The number of para-hydroxylation sites is 1. The molecule has 166 valence electrons. The van der Waals surface area contributed by atoms with Gasteiger partial charge in [-0.05, 0) is 48.4 Å². The number of rotatable bonds is 9. The molecule has 8 heteroatoms. The van der Waals surface area contributed by atoms with E-state index >= 15 is 0 Å². The fraction of sp³-hybridized carbons (Fsp3) is 0.478. The Morgan fingerprint density at radius 1 is 1.26 bits per heavy atom. The second-order valence-corrected chi connectivity index (χ2v) is 8.92. The molecular formula is C23H27FN2O4S. The molecule has 2 aromatic rings. The van der Waals surface area contributed by atoms with E-state index in [1.165, 1.54) is 10.9 Å². The number of thiophene rings is 1. The van der Waals surface area contributed by atoms with Gasteiger partial charge in [0.05, 0.1) is 19.2 Å². The number of hydrogen-bond acceptors (Lipinski definition) is 5. The van der Waals surface area contributed by atoms with Gasteiger partial charge in [-0.25, -0.2) is 4.39 Å². The largest absolute Gasteiger partial charge is 0.488 e. The number of ether oxygens (including phenoxy) is 2. The predicted octanol–water partition coefficient (Wildman–Crippen LogP) is 3.28. The number of carbonyl (C=O) groups is 2. The van der Waals surface area contributed by atoms with E-state index in [2.05, 4.69) is 0 Å². The van der Waals surface area contributed by atoms with Gasteiger partial charge in [-0.1, -0.05) is 12.1 Å². The number of methoxy groups -OCH3 is 1. The van der Waals surface area contributed by atoms with E-state index in [-0.39, 0.29) is 42.7 Å². The maximum atomic E-state index is 14.0. The van der Waals surface area contributed by atoms with Crippen LogP contribution in [0.15, 0.2) is 35.7 Å². The number of benzene rings is 1. The average molecular weight is 447 g/mol. The van der Waals surface area contributed by atoms with Gasteiger partial charge in [-0.3, -0.25) is 9.59 Å². The number of halogens is 1. The highest BCUT2D eigenvalue weighted by atomic mass is 32.1. The molecule has 1 aliphatic heterocycles. The van der Waals surface area contributed by atoms with Gasteiger partial charge in [-0.15, -0.1) is 11.3 Å². The van der Waals surface area contributed by atoms with Gasteiger partial charge in [0.15, 0.2) is 11.6 Å². The van der Waals surface area contributed by atoms with Gasteiger partial charge in [0.1, 0.15) is 6.61 Å². The first-order valence-electron chi connectivity index (χ1n) is 10.6. The lowest BCUT2D eigenvalue weighted by atomic mass is 10.0. The minimum atomic E-state index is -0.428. The van der Waals surface area contributed by atoms with Crippen molar-refractivity contribution < 1.29 is 23.5 Å². The maximum absolute atomic E-state index is 14.0. The molecule has 2 amide bonds. The van der Waals surface area contributed by atoms with Crippen LogP contribution < -0.4 is 4.74 Å². The Morgan fingerprint density at radius 3 is 2.81 bits per heavy atom. The van der Waals surface area contributed by atoms with E-state index in [1.807, 2.05) is 11.4 Å². The summed E-state index contributed by atoms with van der Waals surface area (Å²) in [6.45, 7) is 1.51. The van der Waals surface area contributed by atoms with Crippen LogP contribution in [0.25, 0.3) is 0 Å². The van der Waals surface area contributed by atoms with Crippen LogP contribution in [0.2, 0.25) is 0 Å². The SMILES string of the molecule is COCCN(CC(=O)N1CCc2sccc2[C@@H]1COc1ccccc1F)C(=O)C1CC1. The Labute approximate surface area is 185 Å². The van der Waals surface area contributed by atoms with Crippen molar-refractivity contribution in [2.45, 2.75) is 25.3 Å². The Kier molecular flexibility index (Phi) is 6.87. The van der Waals surface area contributed by atoms with Crippen LogP contribution in [0.3, 0.4) is 0 Å². The van der Waals surface area contributed by atoms with Crippen molar-refractivity contribution in [3.63, 3.8) is 0 Å². The quantitative estimate of drug-likeness (QED) is 0.593. The lowest BCUT2D eigenvalue weighted by Gasteiger charge is -2.37. The van der Waals surface area contributed by atoms with Crippen molar-refractivity contribution in [2.75, 3.05) is 40.0 Å². The molecule has 1 aromatic carbocycles. The first kappa shape index (κ1) is 21.8. The van der Waals surface area contributed by atoms with Gasteiger partial charge in [0, 0.05) is 31.0 Å². The van der Waals surface area contributed by atoms with Crippen LogP contribution in [0, 0.1) is 11.7 Å². The summed E-state index contributed by atoms with van der Waals surface area (Å²) in [4.78, 5) is 30.6. The molecule has 0 N–H and O–H groups in total. The minimum Gasteiger partial charge on any atom is -0.488 e. The van der Waals surface area contributed by atoms with E-state index in [0.717, 1.165) is 24.8 Å². The van der Waals surface area contributed by atoms with Crippen molar-refractivity contribution in [3.8, 4) is 5.75 Å². The Balaban J connectivity index is 1.49. The molecule has 0 spiro atoms. The highest BCUT2D eigenvalue weighted by Crippen LogP contribution is 2.35. The lowest BCUT2D eigenvalue weighted by molar-refractivity contribution is -0.143. The van der Waals surface area contributed by atoms with E-state index in [4.69, 9.17) is 9.47 Å². The third-order valence-corrected chi connectivity index (χ3v) is 6.77. The van der Waals surface area contributed by atoms with Crippen molar-refractivity contribution in [2.24, 2.45) is 5.92 Å². The summed E-state index contributed by atoms with van der Waals surface area (Å²) >= 11 is 1.66. The third kappa shape index (κ3) is 5.07. The molecule has 1 aromatic heterocycles. The second kappa shape index (κ2) is 9.78. The zero-order chi connectivity index (χ0) is 21.8. The highest BCUT2D eigenvalue weighted by Gasteiger charge is 2.37. The summed E-state index contributed by atoms with van der Waals surface area (Å²) in [5.41, 5.74) is 1.04. The number of fused-ring (bicyclic) bond motifs is 1. The molecule has 1 atom stereocenters. The van der Waals surface area contributed by atoms with Gasteiger partial charge >= 0.3 is 0 Å². The summed E-state index contributed by atoms with van der Waals surface area (Å²) in [6.07, 6.45) is 2.54. The van der Waals surface area contributed by atoms with Crippen molar-refractivity contribution in [3.05, 3.63) is 52.0 Å². The summed E-state index contributed by atoms with van der Waals surface area (Å²) in [7, 11) is 1.58. The standard InChI is InChI=1S/C23H27FN2O4S/c1-29-12-11-25(23(28)16-6-7-16)14-22(27)26-10-8-21-17(9-13-31-21)19(26)15-30-20-5-3-2-4-18(20)24/h2-5,9,13,16,19H,6-8,10-12,14-15H2,1H3/t19-/m0/s1. The molecule has 31 heavy (non-hydrogen) atoms. The molecule has 4 rings (SSSR count). The van der Waals surface area contributed by atoms with Crippen LogP contribution in [0.1, 0.15) is 29.3 Å². The predicted molar refractivity (Wildman–Crippen MR) is 116 cm³/mol. The fourth-order valence-electron chi connectivity index (χ4n) is 3.92. The average Bonchev–Trinajstić information content (AvgIpc) is 3.52. The number of nitrogens with zero attached hydrogens (tertiary/aromatic N) is 2. The molecule has 1 saturated carbocycles. The van der Waals surface area contributed by atoms with Crippen LogP contribution in [-0.2, 0) is 20.7 Å². The highest BCUT2D eigenvalue weighted by molar-refractivity contribution is 7.10. The van der Waals surface area contributed by atoms with Gasteiger partial charge < -0.3 is 19.3 Å². The van der Waals surface area contributed by atoms with Crippen molar-refractivity contribution in [1.82, 2.24) is 9.80 Å². The summed E-state index contributed by atoms with van der Waals surface area (Å²) in [5.74, 6) is -0.318. The summed E-state index contributed by atoms with van der Waals surface area (Å²) in [6, 6.07) is 7.96. The first-order chi connectivity index (χ1) is 15.1. The molecule has 0 bridgehead atoms. The zero-order valence-corrected chi connectivity index (χ0v) is 18.4. The number of carbonyl (C=O) groups excluding carboxylic acids is 2. The maximum Gasteiger partial charge on any atom is 0.242 e. The first-order valence-corrected chi connectivity index (χ1v) is 11.5. The van der Waals surface area contributed by atoms with Gasteiger partial charge in [0.2, 0.25) is 11.8 Å². The van der Waals surface area contributed by atoms with E-state index < -0.39 is 5.82 Å². The van der Waals surface area contributed by atoms with Crippen LogP contribution in [0.4, 0.5) is 4.39 Å². The Bertz CT molecular complexity index is 930. The molecule has 2 heterocycles. The molecule has 1 fully saturated rings. The molecule has 0 radical (unpaired) electrons. The molecule has 0 saturated heterocycles. The second-order valence-electron chi connectivity index (χ2n) is 7.92. The topological polar surface area (TPSA) is 59.1 Å². The van der Waals surface area contributed by atoms with Gasteiger partial charge in [-0.2, -0.15) is 0 Å². The molecular weight excluding hydrogens is 419 g/mol. The van der Waals surface area contributed by atoms with Crippen molar-refractivity contribution in [1.29, 1.82) is 0 Å². The number of amides is 2. The Hall–Kier alpha value is -2.45. The summed E-state index contributed by atoms with van der Waals surface area (Å²) < 4.78 is 25.0. The monoisotopic (exact) mass is 446 g/mol. The van der Waals surface area contributed by atoms with Gasteiger partial charge in [0.25, 0.3) is 0 Å². The zero-order valence-electron chi connectivity index (χ0n) is 17.6. The van der Waals surface area contributed by atoms with E-state index in [0.29, 0.717) is 19.7 Å². The van der Waals surface area contributed by atoms with Crippen LogP contribution in [-0.4, -0.2) is 61.6 Å². The fourth-order valence-corrected chi connectivity index (χ4v) is 4.84. The summed E-state index contributed by atoms with van der Waals surface area (Å²) in [5, 5.41) is 2.01. The normalized spacial score (nSPS) is 17.9. The molecule has 0 unspecified atom stereocenters. The minimum absolute atomic E-state index is 0.0222. The van der Waals surface area contributed by atoms with Crippen LogP contribution in [0.5, 0.6) is 5.75 Å². The molecule has 2 aliphatic rings. The smallest absolute Gasteiger partial charge is 0.242 e. The Morgan fingerprint density at radius 2 is 2.06 bits per heavy atom. The third-order valence-electron chi connectivity index (χ3n) is 5.78.